The molecule has 0 N–H and O–H groups in total. The largest absolute Gasteiger partial charge is 0.337 e. The number of hydrogen-bond donors (Lipinski definition) is 0. The molecule has 4 nitrogen and oxygen atoms in total. The van der Waals surface area contributed by atoms with Gasteiger partial charge in [-0.3, -0.25) is 14.7 Å². The Labute approximate surface area is 165 Å². The Morgan fingerprint density at radius 3 is 2.50 bits per heavy atom. The third kappa shape index (κ3) is 3.02. The van der Waals surface area contributed by atoms with E-state index in [-0.39, 0.29) is 5.91 Å². The molecule has 4 rings (SSSR count). The number of rotatable bonds is 3. The fraction of sp³-hybridized carbons (Fsp3) is 0.158. The number of carbonyl (C=O) groups is 1. The van der Waals surface area contributed by atoms with Crippen LogP contribution in [0.1, 0.15) is 0 Å². The number of amidine groups is 1. The number of hydrogen-bond acceptors (Lipinski definition) is 5. The van der Waals surface area contributed by atoms with Gasteiger partial charge in [-0.15, -0.1) is 11.6 Å². The maximum atomic E-state index is 13.3. The van der Waals surface area contributed by atoms with Crippen LogP contribution in [-0.4, -0.2) is 30.5 Å². The molecule has 2 heterocycles. The first-order valence-corrected chi connectivity index (χ1v) is 10.3. The van der Waals surface area contributed by atoms with Crippen LogP contribution < -0.4 is 9.80 Å². The molecule has 2 aromatic rings. The van der Waals surface area contributed by atoms with E-state index in [0.717, 1.165) is 21.3 Å². The second-order valence-corrected chi connectivity index (χ2v) is 8.08. The highest BCUT2D eigenvalue weighted by Gasteiger charge is 2.39. The second-order valence-electron chi connectivity index (χ2n) is 5.69. The van der Waals surface area contributed by atoms with Gasteiger partial charge in [0.15, 0.2) is 5.17 Å². The molecule has 0 saturated carbocycles. The lowest BCUT2D eigenvalue weighted by molar-refractivity contribution is -0.113. The third-order valence-electron chi connectivity index (χ3n) is 4.06. The quantitative estimate of drug-likeness (QED) is 0.548. The van der Waals surface area contributed by atoms with Crippen LogP contribution >= 0.6 is 35.1 Å². The molecular weight excluding hydrogens is 386 g/mol. The molecule has 2 aliphatic heterocycles. The van der Waals surface area contributed by atoms with E-state index in [1.54, 1.807) is 16.7 Å². The molecule has 0 unspecified atom stereocenters. The number of alkyl halides is 1. The van der Waals surface area contributed by atoms with E-state index in [4.69, 9.17) is 11.6 Å². The van der Waals surface area contributed by atoms with E-state index in [1.165, 1.54) is 11.8 Å². The van der Waals surface area contributed by atoms with Gasteiger partial charge in [-0.05, 0) is 36.0 Å². The highest BCUT2D eigenvalue weighted by atomic mass is 35.5. The first-order chi connectivity index (χ1) is 12.7. The van der Waals surface area contributed by atoms with Gasteiger partial charge in [0.1, 0.15) is 4.91 Å². The predicted molar refractivity (Wildman–Crippen MR) is 112 cm³/mol. The maximum Gasteiger partial charge on any atom is 0.274 e. The summed E-state index contributed by atoms with van der Waals surface area (Å²) in [6.07, 6.45) is 0. The van der Waals surface area contributed by atoms with E-state index < -0.39 is 0 Å². The monoisotopic (exact) mass is 401 g/mol. The first kappa shape index (κ1) is 17.5. The topological polar surface area (TPSA) is 35.9 Å². The molecule has 26 heavy (non-hydrogen) atoms. The van der Waals surface area contributed by atoms with Crippen LogP contribution in [0.3, 0.4) is 0 Å². The average Bonchev–Trinajstić information content (AvgIpc) is 3.18. The molecule has 0 aliphatic carbocycles. The molecule has 1 amide bonds. The van der Waals surface area contributed by atoms with Crippen molar-refractivity contribution in [1.82, 2.24) is 0 Å². The fourth-order valence-corrected chi connectivity index (χ4v) is 5.29. The van der Waals surface area contributed by atoms with Crippen LogP contribution in [0.15, 0.2) is 74.4 Å². The summed E-state index contributed by atoms with van der Waals surface area (Å²) in [7, 11) is 2.00. The summed E-state index contributed by atoms with van der Waals surface area (Å²) in [6.45, 7) is 0.478. The summed E-state index contributed by atoms with van der Waals surface area (Å²) in [5.74, 6) is 0.379. The van der Waals surface area contributed by atoms with Gasteiger partial charge >= 0.3 is 0 Å². The summed E-state index contributed by atoms with van der Waals surface area (Å²) >= 11 is 8.86. The molecule has 2 aromatic carbocycles. The Morgan fingerprint density at radius 1 is 1.04 bits per heavy atom. The smallest absolute Gasteiger partial charge is 0.274 e. The number of benzene rings is 2. The minimum absolute atomic E-state index is 0.0447. The Kier molecular flexibility index (Phi) is 4.98. The number of anilines is 2. The zero-order valence-electron chi connectivity index (χ0n) is 14.1. The van der Waals surface area contributed by atoms with Crippen molar-refractivity contribution in [2.24, 2.45) is 4.99 Å². The van der Waals surface area contributed by atoms with Gasteiger partial charge in [0.25, 0.3) is 5.91 Å². The summed E-state index contributed by atoms with van der Waals surface area (Å²) in [5.41, 5.74) is 1.93. The molecule has 0 spiro atoms. The van der Waals surface area contributed by atoms with Gasteiger partial charge < -0.3 is 4.90 Å². The molecular formula is C19H16ClN3OS2. The van der Waals surface area contributed by atoms with Gasteiger partial charge in [0, 0.05) is 17.8 Å². The second kappa shape index (κ2) is 7.39. The molecule has 1 saturated heterocycles. The fourth-order valence-electron chi connectivity index (χ4n) is 2.85. The van der Waals surface area contributed by atoms with E-state index in [2.05, 4.69) is 22.0 Å². The van der Waals surface area contributed by atoms with Crippen LogP contribution in [0.4, 0.5) is 11.4 Å². The van der Waals surface area contributed by atoms with Gasteiger partial charge in [0.2, 0.25) is 0 Å². The van der Waals surface area contributed by atoms with Gasteiger partial charge in [0.05, 0.1) is 22.9 Å². The Morgan fingerprint density at radius 2 is 1.77 bits per heavy atom. The lowest BCUT2D eigenvalue weighted by Crippen LogP contribution is -2.29. The zero-order chi connectivity index (χ0) is 18.1. The lowest BCUT2D eigenvalue weighted by atomic mass is 10.3. The zero-order valence-corrected chi connectivity index (χ0v) is 16.4. The number of amides is 1. The number of aliphatic imine (C=N–C) groups is 1. The maximum absolute atomic E-state index is 13.3. The third-order valence-corrected chi connectivity index (χ3v) is 6.66. The van der Waals surface area contributed by atoms with Gasteiger partial charge in [-0.2, -0.15) is 0 Å². The molecule has 2 aliphatic rings. The number of carbonyl (C=O) groups excluding carboxylic acids is 1. The Hall–Kier alpha value is -1.89. The SMILES string of the molecule is CN1/C(=C2/SC(=NCCCl)N(c3ccccc3)C2=O)Sc2ccccc21. The van der Waals surface area contributed by atoms with E-state index >= 15 is 0 Å². The summed E-state index contributed by atoms with van der Waals surface area (Å²) in [6, 6.07) is 17.8. The lowest BCUT2D eigenvalue weighted by Gasteiger charge is -2.16. The van der Waals surface area contributed by atoms with Crippen molar-refractivity contribution in [3.8, 4) is 0 Å². The summed E-state index contributed by atoms with van der Waals surface area (Å²) < 4.78 is 0. The van der Waals surface area contributed by atoms with Crippen molar-refractivity contribution in [2.45, 2.75) is 4.90 Å². The van der Waals surface area contributed by atoms with Crippen LogP contribution in [0.25, 0.3) is 0 Å². The number of para-hydroxylation sites is 2. The van der Waals surface area contributed by atoms with Gasteiger partial charge in [-0.25, -0.2) is 0 Å². The van der Waals surface area contributed by atoms with E-state index in [0.29, 0.717) is 22.5 Å². The van der Waals surface area contributed by atoms with Crippen molar-refractivity contribution >= 4 is 57.6 Å². The van der Waals surface area contributed by atoms with Crippen molar-refractivity contribution in [2.75, 3.05) is 29.3 Å². The number of halogens is 1. The Balaban J connectivity index is 1.77. The van der Waals surface area contributed by atoms with E-state index in [1.807, 2.05) is 49.5 Å². The van der Waals surface area contributed by atoms with Crippen LogP contribution in [0, 0.1) is 0 Å². The Bertz CT molecular complexity index is 914. The van der Waals surface area contributed by atoms with Crippen LogP contribution in [0.5, 0.6) is 0 Å². The first-order valence-electron chi connectivity index (χ1n) is 8.13. The van der Waals surface area contributed by atoms with Crippen molar-refractivity contribution in [3.05, 3.63) is 64.5 Å². The average molecular weight is 402 g/mol. The van der Waals surface area contributed by atoms with Crippen molar-refractivity contribution in [1.29, 1.82) is 0 Å². The summed E-state index contributed by atoms with van der Waals surface area (Å²) in [4.78, 5) is 23.4. The minimum atomic E-state index is -0.0447. The van der Waals surface area contributed by atoms with Crippen molar-refractivity contribution < 1.29 is 4.79 Å². The molecule has 132 valence electrons. The summed E-state index contributed by atoms with van der Waals surface area (Å²) in [5, 5.41) is 1.62. The highest BCUT2D eigenvalue weighted by molar-refractivity contribution is 8.20. The molecule has 0 atom stereocenters. The molecule has 0 aromatic heterocycles. The van der Waals surface area contributed by atoms with E-state index in [9.17, 15) is 4.79 Å². The number of thioether (sulfide) groups is 2. The number of fused-ring (bicyclic) bond motifs is 1. The van der Waals surface area contributed by atoms with Gasteiger partial charge in [-0.1, -0.05) is 42.1 Å². The molecule has 7 heteroatoms. The standard InChI is InChI=1S/C19H16ClN3OS2/c1-22-14-9-5-6-10-15(14)25-18(22)16-17(24)23(13-7-3-2-4-8-13)19(26-16)21-12-11-20/h2-10H,11-12H2,1H3/b18-16-,21-19?. The predicted octanol–water partition coefficient (Wildman–Crippen LogP) is 4.77. The molecule has 1 fully saturated rings. The highest BCUT2D eigenvalue weighted by Crippen LogP contribution is 2.50. The normalized spacial score (nSPS) is 21.0. The number of nitrogens with zero attached hydrogens (tertiary/aromatic N) is 3. The molecule has 0 radical (unpaired) electrons. The van der Waals surface area contributed by atoms with Crippen LogP contribution in [0.2, 0.25) is 0 Å². The van der Waals surface area contributed by atoms with Crippen molar-refractivity contribution in [3.63, 3.8) is 0 Å². The minimum Gasteiger partial charge on any atom is -0.337 e. The van der Waals surface area contributed by atoms with Crippen LogP contribution in [-0.2, 0) is 4.79 Å². The molecule has 0 bridgehead atoms.